The lowest BCUT2D eigenvalue weighted by molar-refractivity contribution is -0.141. The molecule has 1 saturated heterocycles. The van der Waals surface area contributed by atoms with Crippen molar-refractivity contribution in [1.29, 1.82) is 0 Å². The summed E-state index contributed by atoms with van der Waals surface area (Å²) in [6.45, 7) is 5.52. The summed E-state index contributed by atoms with van der Waals surface area (Å²) in [6.07, 6.45) is 6.87. The predicted octanol–water partition coefficient (Wildman–Crippen LogP) is 6.45. The Kier molecular flexibility index (Phi) is 8.60. The maximum Gasteiger partial charge on any atom is 0.159 e. The van der Waals surface area contributed by atoms with E-state index in [1.165, 1.54) is 33.5 Å². The van der Waals surface area contributed by atoms with Gasteiger partial charge in [-0.1, -0.05) is 24.3 Å². The number of hydrogen-bond acceptors (Lipinski definition) is 6. The van der Waals surface area contributed by atoms with Crippen molar-refractivity contribution in [2.45, 2.75) is 57.8 Å². The maximum absolute atomic E-state index is 10.4. The van der Waals surface area contributed by atoms with Gasteiger partial charge in [-0.25, -0.2) is 0 Å². The molecular weight excluding hydrogens is 500 g/mol. The van der Waals surface area contributed by atoms with Crippen molar-refractivity contribution in [3.8, 4) is 5.75 Å². The standard InChI is InChI=1S/C34H42N2O4/c1-34(2,37)31-16-11-26(22-35-31)29-8-6-7-25-21-28(38-3)14-15-30(25)32(29)23-9-12-27(13-10-23)36-19-17-24(18-20-36)33(39-4)40-5/h9-16,21-22,24,33,37H,6-8,17-20H2,1-5H3. The van der Waals surface area contributed by atoms with Gasteiger partial charge in [0.1, 0.15) is 11.4 Å². The van der Waals surface area contributed by atoms with E-state index >= 15 is 0 Å². The first-order valence-electron chi connectivity index (χ1n) is 14.3. The molecule has 3 aromatic rings. The highest BCUT2D eigenvalue weighted by atomic mass is 16.7. The Bertz CT molecular complexity index is 1310. The number of methoxy groups -OCH3 is 3. The number of aliphatic hydroxyl groups is 1. The van der Waals surface area contributed by atoms with Crippen LogP contribution in [0.1, 0.15) is 67.5 Å². The van der Waals surface area contributed by atoms with E-state index in [9.17, 15) is 5.11 Å². The van der Waals surface area contributed by atoms with Crippen molar-refractivity contribution < 1.29 is 19.3 Å². The summed E-state index contributed by atoms with van der Waals surface area (Å²) in [7, 11) is 5.17. The third kappa shape index (κ3) is 5.95. The second-order valence-corrected chi connectivity index (χ2v) is 11.4. The topological polar surface area (TPSA) is 64.1 Å². The normalized spacial score (nSPS) is 16.7. The maximum atomic E-state index is 10.4. The number of fused-ring (bicyclic) bond motifs is 1. The minimum Gasteiger partial charge on any atom is -0.497 e. The highest BCUT2D eigenvalue weighted by molar-refractivity contribution is 6.00. The highest BCUT2D eigenvalue weighted by Crippen LogP contribution is 2.41. The largest absolute Gasteiger partial charge is 0.497 e. The van der Waals surface area contributed by atoms with Crippen LogP contribution in [-0.4, -0.2) is 50.8 Å². The number of allylic oxidation sites excluding steroid dienone is 1. The first-order chi connectivity index (χ1) is 19.3. The van der Waals surface area contributed by atoms with Crippen LogP contribution in [0.5, 0.6) is 5.75 Å². The Balaban J connectivity index is 1.50. The van der Waals surface area contributed by atoms with E-state index in [-0.39, 0.29) is 6.29 Å². The number of nitrogens with zero attached hydrogens (tertiary/aromatic N) is 2. The van der Waals surface area contributed by atoms with E-state index in [0.717, 1.165) is 56.5 Å². The molecule has 0 spiro atoms. The van der Waals surface area contributed by atoms with Crippen LogP contribution in [-0.2, 0) is 21.5 Å². The van der Waals surface area contributed by atoms with Crippen LogP contribution in [0, 0.1) is 5.92 Å². The number of pyridine rings is 1. The fourth-order valence-corrected chi connectivity index (χ4v) is 6.19. The lowest BCUT2D eigenvalue weighted by atomic mass is 9.87. The molecule has 6 heteroatoms. The third-order valence-electron chi connectivity index (χ3n) is 8.41. The number of benzene rings is 2. The second kappa shape index (κ2) is 12.1. The van der Waals surface area contributed by atoms with Crippen molar-refractivity contribution >= 4 is 16.8 Å². The van der Waals surface area contributed by atoms with Gasteiger partial charge in [0.15, 0.2) is 6.29 Å². The van der Waals surface area contributed by atoms with Crippen LogP contribution in [0.4, 0.5) is 5.69 Å². The van der Waals surface area contributed by atoms with Gasteiger partial charge in [0.05, 0.1) is 12.8 Å². The Morgan fingerprint density at radius 3 is 2.20 bits per heavy atom. The van der Waals surface area contributed by atoms with Gasteiger partial charge < -0.3 is 24.2 Å². The minimum atomic E-state index is -0.972. The Morgan fingerprint density at radius 1 is 0.900 bits per heavy atom. The molecular formula is C34H42N2O4. The van der Waals surface area contributed by atoms with Crippen LogP contribution in [0.2, 0.25) is 0 Å². The number of hydrogen-bond donors (Lipinski definition) is 1. The lowest BCUT2D eigenvalue weighted by Gasteiger charge is -2.36. The molecule has 1 N–H and O–H groups in total. The van der Waals surface area contributed by atoms with E-state index in [1.54, 1.807) is 35.2 Å². The van der Waals surface area contributed by atoms with E-state index in [0.29, 0.717) is 11.6 Å². The molecule has 2 heterocycles. The molecule has 212 valence electrons. The van der Waals surface area contributed by atoms with Gasteiger partial charge in [0.25, 0.3) is 0 Å². The van der Waals surface area contributed by atoms with Gasteiger partial charge in [-0.3, -0.25) is 4.98 Å². The fourth-order valence-electron chi connectivity index (χ4n) is 6.19. The van der Waals surface area contributed by atoms with Crippen molar-refractivity contribution in [2.24, 2.45) is 5.92 Å². The molecule has 0 bridgehead atoms. The van der Waals surface area contributed by atoms with E-state index in [1.807, 2.05) is 12.3 Å². The molecule has 0 atom stereocenters. The molecule has 6 nitrogen and oxygen atoms in total. The number of anilines is 1. The molecule has 5 rings (SSSR count). The summed E-state index contributed by atoms with van der Waals surface area (Å²) >= 11 is 0. The number of aryl methyl sites for hydroxylation is 1. The average Bonchev–Trinajstić information content (AvgIpc) is 3.17. The molecule has 1 aliphatic carbocycles. The number of piperidine rings is 1. The minimum absolute atomic E-state index is 0.129. The molecule has 40 heavy (non-hydrogen) atoms. The summed E-state index contributed by atoms with van der Waals surface area (Å²) in [6, 6.07) is 19.5. The zero-order valence-electron chi connectivity index (χ0n) is 24.4. The zero-order chi connectivity index (χ0) is 28.3. The molecule has 0 saturated carbocycles. The van der Waals surface area contributed by atoms with Crippen molar-refractivity contribution in [3.05, 3.63) is 88.7 Å². The summed E-state index contributed by atoms with van der Waals surface area (Å²) in [5.41, 5.74) is 8.35. The third-order valence-corrected chi connectivity index (χ3v) is 8.41. The monoisotopic (exact) mass is 542 g/mol. The smallest absolute Gasteiger partial charge is 0.159 e. The summed E-state index contributed by atoms with van der Waals surface area (Å²) < 4.78 is 16.6. The van der Waals surface area contributed by atoms with Crippen LogP contribution >= 0.6 is 0 Å². The van der Waals surface area contributed by atoms with Gasteiger partial charge in [0, 0.05) is 45.1 Å². The Hall–Kier alpha value is -3.19. The van der Waals surface area contributed by atoms with E-state index < -0.39 is 5.60 Å². The van der Waals surface area contributed by atoms with E-state index in [4.69, 9.17) is 14.2 Å². The quantitative estimate of drug-likeness (QED) is 0.330. The molecule has 1 aromatic heterocycles. The molecule has 1 fully saturated rings. The predicted molar refractivity (Wildman–Crippen MR) is 161 cm³/mol. The summed E-state index contributed by atoms with van der Waals surface area (Å²) in [5.74, 6) is 1.31. The Morgan fingerprint density at radius 2 is 1.60 bits per heavy atom. The molecule has 0 radical (unpaired) electrons. The fraction of sp³-hybridized carbons (Fsp3) is 0.441. The lowest BCUT2D eigenvalue weighted by Crippen LogP contribution is -2.39. The van der Waals surface area contributed by atoms with Gasteiger partial charge in [-0.15, -0.1) is 0 Å². The van der Waals surface area contributed by atoms with Crippen molar-refractivity contribution in [2.75, 3.05) is 39.3 Å². The first-order valence-corrected chi connectivity index (χ1v) is 14.3. The Labute approximate surface area is 238 Å². The van der Waals surface area contributed by atoms with Crippen LogP contribution in [0.15, 0.2) is 60.8 Å². The van der Waals surface area contributed by atoms with E-state index in [2.05, 4.69) is 58.4 Å². The van der Waals surface area contributed by atoms with Gasteiger partial charge in [-0.2, -0.15) is 0 Å². The zero-order valence-corrected chi connectivity index (χ0v) is 24.4. The molecule has 0 unspecified atom stereocenters. The van der Waals surface area contributed by atoms with Crippen molar-refractivity contribution in [1.82, 2.24) is 4.98 Å². The molecule has 1 aliphatic heterocycles. The van der Waals surface area contributed by atoms with Gasteiger partial charge >= 0.3 is 0 Å². The van der Waals surface area contributed by atoms with Gasteiger partial charge in [-0.05, 0) is 110 Å². The number of aromatic nitrogens is 1. The highest BCUT2D eigenvalue weighted by Gasteiger charge is 2.27. The van der Waals surface area contributed by atoms with Crippen LogP contribution in [0.3, 0.4) is 0 Å². The van der Waals surface area contributed by atoms with Crippen LogP contribution in [0.25, 0.3) is 11.1 Å². The SMILES string of the molecule is COc1ccc2c(c1)CCCC(c1ccc(C(C)(C)O)nc1)=C2c1ccc(N2CCC(C(OC)OC)CC2)cc1. The number of ether oxygens (including phenoxy) is 3. The molecule has 2 aromatic carbocycles. The summed E-state index contributed by atoms with van der Waals surface area (Å²) in [4.78, 5) is 7.11. The average molecular weight is 543 g/mol. The number of rotatable bonds is 8. The second-order valence-electron chi connectivity index (χ2n) is 11.4. The first kappa shape index (κ1) is 28.3. The van der Waals surface area contributed by atoms with Crippen molar-refractivity contribution in [3.63, 3.8) is 0 Å². The van der Waals surface area contributed by atoms with Gasteiger partial charge in [0.2, 0.25) is 0 Å². The molecule has 0 amide bonds. The summed E-state index contributed by atoms with van der Waals surface area (Å²) in [5, 5.41) is 10.4. The van der Waals surface area contributed by atoms with Crippen LogP contribution < -0.4 is 9.64 Å². The molecule has 2 aliphatic rings.